The van der Waals surface area contributed by atoms with Crippen LogP contribution in [-0.4, -0.2) is 48.8 Å². The highest BCUT2D eigenvalue weighted by atomic mass is 35.5. The van der Waals surface area contributed by atoms with Gasteiger partial charge in [-0.15, -0.1) is 4.36 Å². The Morgan fingerprint density at radius 3 is 2.88 bits per heavy atom. The molecule has 214 valence electrons. The molecule has 2 heterocycles. The lowest BCUT2D eigenvalue weighted by molar-refractivity contribution is 0.0132. The fourth-order valence-corrected chi connectivity index (χ4v) is 8.31. The van der Waals surface area contributed by atoms with Crippen molar-refractivity contribution in [2.24, 2.45) is 21.3 Å². The van der Waals surface area contributed by atoms with E-state index in [4.69, 9.17) is 26.2 Å². The molecular formula is C31H38ClN3O4S. The van der Waals surface area contributed by atoms with Crippen LogP contribution in [0.1, 0.15) is 60.0 Å². The van der Waals surface area contributed by atoms with Crippen LogP contribution in [0.25, 0.3) is 0 Å². The van der Waals surface area contributed by atoms with Crippen molar-refractivity contribution in [3.05, 3.63) is 70.3 Å². The van der Waals surface area contributed by atoms with E-state index in [1.54, 1.807) is 13.2 Å². The lowest BCUT2D eigenvalue weighted by Crippen LogP contribution is -2.49. The lowest BCUT2D eigenvalue weighted by Gasteiger charge is -2.46. The first-order chi connectivity index (χ1) is 19.3. The maximum atomic E-state index is 13.2. The summed E-state index contributed by atoms with van der Waals surface area (Å²) < 4.78 is 29.4. The van der Waals surface area contributed by atoms with Crippen molar-refractivity contribution in [2.45, 2.75) is 56.5 Å². The van der Waals surface area contributed by atoms with Gasteiger partial charge in [-0.25, -0.2) is 9.35 Å². The number of anilines is 1. The molecule has 5 atom stereocenters. The Bertz CT molecular complexity index is 1450. The minimum Gasteiger partial charge on any atom is -0.490 e. The molecule has 0 radical (unpaired) electrons. The second-order valence-electron chi connectivity index (χ2n) is 11.8. The standard InChI is InChI=1S/C31H38ClN3O4S/c1-38-28-7-3-2-4-15-40(33,37)34-30(36)22-9-13-29-27(17-22)35(18-23-8-11-25(23)28)19-31(20-39-29)14-5-6-21-16-24(32)10-12-26(21)31/h3,7,9-10,12-13,16-17,23,25,28H,2,4-6,8,11,14-15,18-20H2,1H3,(H2,33,34,36,37)/b7-3-/t23-,25+,28-,31-,40?/m0/s1. The van der Waals surface area contributed by atoms with Gasteiger partial charge < -0.3 is 14.4 Å². The number of carbonyl (C=O) groups is 1. The molecule has 4 aliphatic rings. The molecule has 1 spiro atoms. The zero-order chi connectivity index (χ0) is 27.9. The van der Waals surface area contributed by atoms with Gasteiger partial charge in [-0.05, 0) is 98.2 Å². The minimum absolute atomic E-state index is 0.0284. The van der Waals surface area contributed by atoms with Gasteiger partial charge in [0.15, 0.2) is 0 Å². The van der Waals surface area contributed by atoms with Gasteiger partial charge >= 0.3 is 0 Å². The highest BCUT2D eigenvalue weighted by Crippen LogP contribution is 2.47. The van der Waals surface area contributed by atoms with E-state index in [1.807, 2.05) is 18.2 Å². The molecule has 0 aromatic heterocycles. The van der Waals surface area contributed by atoms with E-state index in [2.05, 4.69) is 33.5 Å². The third-order valence-electron chi connectivity index (χ3n) is 9.28. The summed E-state index contributed by atoms with van der Waals surface area (Å²) in [7, 11) is -1.35. The highest BCUT2D eigenvalue weighted by molar-refractivity contribution is 7.91. The third-order valence-corrected chi connectivity index (χ3v) is 10.9. The zero-order valence-corrected chi connectivity index (χ0v) is 24.6. The number of allylic oxidation sites excluding steroid dienone is 1. The minimum atomic E-state index is -3.13. The number of ether oxygens (including phenoxy) is 2. The molecule has 0 saturated heterocycles. The quantitative estimate of drug-likeness (QED) is 0.436. The number of hydrogen-bond acceptors (Lipinski definition) is 5. The summed E-state index contributed by atoms with van der Waals surface area (Å²) in [6.45, 7) is 2.16. The van der Waals surface area contributed by atoms with Crippen molar-refractivity contribution in [1.82, 2.24) is 0 Å². The summed E-state index contributed by atoms with van der Waals surface area (Å²) in [6.07, 6.45) is 10.9. The van der Waals surface area contributed by atoms with Crippen LogP contribution in [0.3, 0.4) is 0 Å². The van der Waals surface area contributed by atoms with Crippen molar-refractivity contribution in [3.63, 3.8) is 0 Å². The Hall–Kier alpha value is -2.39. The van der Waals surface area contributed by atoms with Gasteiger partial charge in [0.1, 0.15) is 15.7 Å². The van der Waals surface area contributed by atoms with Crippen LogP contribution in [0.4, 0.5) is 5.69 Å². The molecule has 2 aromatic carbocycles. The monoisotopic (exact) mass is 583 g/mol. The van der Waals surface area contributed by atoms with E-state index < -0.39 is 15.8 Å². The predicted octanol–water partition coefficient (Wildman–Crippen LogP) is 5.69. The van der Waals surface area contributed by atoms with E-state index in [-0.39, 0.29) is 17.3 Å². The SMILES string of the molecule is CO[C@H]1/C=C\CCCS(N)(=O)=NC(=O)c2ccc3c(c2)N(C[C@@H]2CC[C@H]21)C[C@@]1(CCCc2cc(Cl)ccc21)CO3. The van der Waals surface area contributed by atoms with Crippen LogP contribution in [0.15, 0.2) is 52.9 Å². The molecule has 2 aliphatic heterocycles. The topological polar surface area (TPSA) is 94.2 Å². The van der Waals surface area contributed by atoms with Crippen molar-refractivity contribution in [1.29, 1.82) is 0 Å². The number of fused-ring (bicyclic) bond motifs is 4. The maximum Gasteiger partial charge on any atom is 0.286 e. The second-order valence-corrected chi connectivity index (χ2v) is 14.3. The summed E-state index contributed by atoms with van der Waals surface area (Å²) in [4.78, 5) is 15.6. The van der Waals surface area contributed by atoms with Gasteiger partial charge in [-0.2, -0.15) is 0 Å². The number of amides is 1. The molecule has 2 N–H and O–H groups in total. The molecule has 40 heavy (non-hydrogen) atoms. The number of nitrogens with two attached hydrogens (primary N) is 1. The average molecular weight is 584 g/mol. The first-order valence-electron chi connectivity index (χ1n) is 14.3. The molecule has 7 nitrogen and oxygen atoms in total. The molecule has 9 heteroatoms. The predicted molar refractivity (Wildman–Crippen MR) is 160 cm³/mol. The molecular weight excluding hydrogens is 546 g/mol. The fraction of sp³-hybridized carbons (Fsp3) is 0.516. The van der Waals surface area contributed by atoms with Gasteiger partial charge in [0.05, 0.1) is 18.4 Å². The van der Waals surface area contributed by atoms with E-state index >= 15 is 0 Å². The normalized spacial score (nSPS) is 33.0. The molecule has 2 bridgehead atoms. The number of carbonyl (C=O) groups excluding carboxylic acids is 1. The second kappa shape index (κ2) is 11.1. The summed E-state index contributed by atoms with van der Waals surface area (Å²) in [5, 5.41) is 6.76. The first kappa shape index (κ1) is 27.8. The van der Waals surface area contributed by atoms with E-state index in [0.717, 1.165) is 61.7 Å². The maximum absolute atomic E-state index is 13.2. The Morgan fingerprint density at radius 1 is 1.20 bits per heavy atom. The van der Waals surface area contributed by atoms with Gasteiger partial charge in [-0.3, -0.25) is 4.79 Å². The van der Waals surface area contributed by atoms with E-state index in [1.165, 1.54) is 11.1 Å². The number of methoxy groups -OCH3 is 1. The largest absolute Gasteiger partial charge is 0.490 e. The van der Waals surface area contributed by atoms with Crippen molar-refractivity contribution in [3.8, 4) is 5.75 Å². The number of rotatable bonds is 1. The molecule has 1 amide bonds. The number of aryl methyl sites for hydroxylation is 1. The first-order valence-corrected chi connectivity index (χ1v) is 16.5. The molecule has 1 saturated carbocycles. The van der Waals surface area contributed by atoms with Crippen molar-refractivity contribution < 1.29 is 18.5 Å². The number of nitrogens with zero attached hydrogens (tertiary/aromatic N) is 2. The molecule has 1 fully saturated rings. The van der Waals surface area contributed by atoms with Crippen LogP contribution < -0.4 is 14.8 Å². The van der Waals surface area contributed by atoms with Crippen LogP contribution in [0.5, 0.6) is 5.75 Å². The van der Waals surface area contributed by atoms with Gasteiger partial charge in [0, 0.05) is 42.0 Å². The fourth-order valence-electron chi connectivity index (χ4n) is 7.06. The summed E-state index contributed by atoms with van der Waals surface area (Å²) in [5.74, 6) is 1.23. The molecule has 2 aromatic rings. The van der Waals surface area contributed by atoms with Crippen LogP contribution >= 0.6 is 11.6 Å². The van der Waals surface area contributed by atoms with Gasteiger partial charge in [0.25, 0.3) is 5.91 Å². The Kier molecular flexibility index (Phi) is 7.72. The number of benzene rings is 2. The van der Waals surface area contributed by atoms with Crippen molar-refractivity contribution >= 4 is 33.1 Å². The summed E-state index contributed by atoms with van der Waals surface area (Å²) in [5.41, 5.74) is 3.66. The van der Waals surface area contributed by atoms with Gasteiger partial charge in [0.2, 0.25) is 0 Å². The molecule has 2 aliphatic carbocycles. The zero-order valence-electron chi connectivity index (χ0n) is 23.0. The lowest BCUT2D eigenvalue weighted by atomic mass is 9.68. The highest BCUT2D eigenvalue weighted by Gasteiger charge is 2.44. The van der Waals surface area contributed by atoms with E-state index in [9.17, 15) is 9.00 Å². The Morgan fingerprint density at radius 2 is 2.08 bits per heavy atom. The summed E-state index contributed by atoms with van der Waals surface area (Å²) >= 11 is 6.40. The smallest absolute Gasteiger partial charge is 0.286 e. The van der Waals surface area contributed by atoms with E-state index in [0.29, 0.717) is 36.8 Å². The van der Waals surface area contributed by atoms with Crippen molar-refractivity contribution in [2.75, 3.05) is 37.5 Å². The Labute approximate surface area is 242 Å². The Balaban J connectivity index is 1.44. The average Bonchev–Trinajstić information content (AvgIpc) is 3.06. The van der Waals surface area contributed by atoms with Crippen LogP contribution in [0, 0.1) is 11.8 Å². The third kappa shape index (κ3) is 5.43. The summed E-state index contributed by atoms with van der Waals surface area (Å²) in [6, 6.07) is 11.7. The number of hydrogen-bond donors (Lipinski definition) is 1. The van der Waals surface area contributed by atoms with Crippen LogP contribution in [-0.2, 0) is 26.5 Å². The molecule has 1 unspecified atom stereocenters. The van der Waals surface area contributed by atoms with Gasteiger partial charge in [-0.1, -0.05) is 29.8 Å². The van der Waals surface area contributed by atoms with Crippen LogP contribution in [0.2, 0.25) is 5.02 Å². The number of halogens is 1. The molecule has 6 rings (SSSR count).